The zero-order valence-electron chi connectivity index (χ0n) is 10.1. The Morgan fingerprint density at radius 2 is 2.06 bits per heavy atom. The van der Waals surface area contributed by atoms with Crippen molar-refractivity contribution < 1.29 is 5.11 Å². The Morgan fingerprint density at radius 1 is 1.31 bits per heavy atom. The fourth-order valence-electron chi connectivity index (χ4n) is 3.01. The van der Waals surface area contributed by atoms with E-state index < -0.39 is 0 Å². The van der Waals surface area contributed by atoms with Crippen LogP contribution in [0, 0.1) is 23.2 Å². The molecular formula is C13H22N2O. The van der Waals surface area contributed by atoms with Gasteiger partial charge in [-0.05, 0) is 38.0 Å². The first-order valence-electron chi connectivity index (χ1n) is 6.52. The van der Waals surface area contributed by atoms with E-state index >= 15 is 0 Å². The second-order valence-corrected chi connectivity index (χ2v) is 5.41. The molecule has 3 unspecified atom stereocenters. The Balaban J connectivity index is 2.04. The fourth-order valence-corrected chi connectivity index (χ4v) is 3.01. The van der Waals surface area contributed by atoms with Gasteiger partial charge in [0, 0.05) is 18.6 Å². The van der Waals surface area contributed by atoms with Crippen molar-refractivity contribution in [3.8, 4) is 6.07 Å². The molecule has 1 N–H and O–H groups in total. The van der Waals surface area contributed by atoms with Gasteiger partial charge in [0.25, 0.3) is 0 Å². The van der Waals surface area contributed by atoms with Crippen molar-refractivity contribution in [2.45, 2.75) is 51.1 Å². The highest BCUT2D eigenvalue weighted by Crippen LogP contribution is 2.37. The monoisotopic (exact) mass is 222 g/mol. The van der Waals surface area contributed by atoms with E-state index in [0.717, 1.165) is 25.3 Å². The third-order valence-electron chi connectivity index (χ3n) is 4.04. The SMILES string of the molecule is CC1CCC(C#N)C(N(CCO)C2CC2)C1. The summed E-state index contributed by atoms with van der Waals surface area (Å²) >= 11 is 0. The summed E-state index contributed by atoms with van der Waals surface area (Å²) in [6, 6.07) is 3.52. The lowest BCUT2D eigenvalue weighted by Gasteiger charge is -2.39. The number of nitrogens with zero attached hydrogens (tertiary/aromatic N) is 2. The van der Waals surface area contributed by atoms with E-state index in [4.69, 9.17) is 5.11 Å². The predicted octanol–water partition coefficient (Wildman–Crippen LogP) is 1.77. The number of hydrogen-bond acceptors (Lipinski definition) is 3. The molecule has 2 aliphatic rings. The molecule has 0 spiro atoms. The van der Waals surface area contributed by atoms with Gasteiger partial charge in [-0.1, -0.05) is 6.92 Å². The molecule has 2 rings (SSSR count). The van der Waals surface area contributed by atoms with Crippen LogP contribution >= 0.6 is 0 Å². The quantitative estimate of drug-likeness (QED) is 0.788. The molecule has 3 heteroatoms. The molecule has 0 saturated heterocycles. The number of nitriles is 1. The van der Waals surface area contributed by atoms with Crippen molar-refractivity contribution >= 4 is 0 Å². The summed E-state index contributed by atoms with van der Waals surface area (Å²) in [6.07, 6.45) is 5.87. The van der Waals surface area contributed by atoms with Crippen molar-refractivity contribution in [3.05, 3.63) is 0 Å². The van der Waals surface area contributed by atoms with Crippen LogP contribution in [-0.4, -0.2) is 35.2 Å². The maximum absolute atomic E-state index is 9.23. The topological polar surface area (TPSA) is 47.3 Å². The lowest BCUT2D eigenvalue weighted by atomic mass is 9.79. The molecule has 2 fully saturated rings. The Labute approximate surface area is 98.1 Å². The van der Waals surface area contributed by atoms with Gasteiger partial charge in [-0.2, -0.15) is 5.26 Å². The largest absolute Gasteiger partial charge is 0.395 e. The van der Waals surface area contributed by atoms with Crippen LogP contribution in [0.5, 0.6) is 0 Å². The molecule has 3 nitrogen and oxygen atoms in total. The van der Waals surface area contributed by atoms with E-state index in [-0.39, 0.29) is 12.5 Å². The van der Waals surface area contributed by atoms with E-state index in [1.54, 1.807) is 0 Å². The molecule has 0 aromatic rings. The molecule has 2 saturated carbocycles. The molecule has 0 heterocycles. The summed E-state index contributed by atoms with van der Waals surface area (Å²) in [7, 11) is 0. The van der Waals surface area contributed by atoms with Crippen molar-refractivity contribution in [1.29, 1.82) is 5.26 Å². The second-order valence-electron chi connectivity index (χ2n) is 5.41. The molecule has 3 atom stereocenters. The molecule has 16 heavy (non-hydrogen) atoms. The highest BCUT2D eigenvalue weighted by Gasteiger charge is 2.39. The van der Waals surface area contributed by atoms with E-state index in [1.165, 1.54) is 19.3 Å². The number of aliphatic hydroxyl groups excluding tert-OH is 1. The van der Waals surface area contributed by atoms with Crippen LogP contribution in [0.3, 0.4) is 0 Å². The zero-order chi connectivity index (χ0) is 11.5. The average molecular weight is 222 g/mol. The van der Waals surface area contributed by atoms with E-state index in [9.17, 15) is 5.26 Å². The van der Waals surface area contributed by atoms with Gasteiger partial charge in [-0.25, -0.2) is 0 Å². The Bertz CT molecular complexity index is 270. The van der Waals surface area contributed by atoms with Crippen LogP contribution in [0.2, 0.25) is 0 Å². The minimum atomic E-state index is 0.184. The standard InChI is InChI=1S/C13H22N2O/c1-10-2-3-11(9-14)13(8-10)15(6-7-16)12-4-5-12/h10-13,16H,2-8H2,1H3. The minimum Gasteiger partial charge on any atom is -0.395 e. The maximum atomic E-state index is 9.23. The Kier molecular flexibility index (Phi) is 3.83. The Morgan fingerprint density at radius 3 is 2.62 bits per heavy atom. The van der Waals surface area contributed by atoms with Gasteiger partial charge in [-0.15, -0.1) is 0 Å². The summed E-state index contributed by atoms with van der Waals surface area (Å²) in [5, 5.41) is 18.4. The smallest absolute Gasteiger partial charge is 0.0672 e. The van der Waals surface area contributed by atoms with E-state index in [0.29, 0.717) is 12.1 Å². The second kappa shape index (κ2) is 5.16. The lowest BCUT2D eigenvalue weighted by molar-refractivity contribution is 0.0788. The van der Waals surface area contributed by atoms with Gasteiger partial charge in [0.15, 0.2) is 0 Å². The third-order valence-corrected chi connectivity index (χ3v) is 4.04. The van der Waals surface area contributed by atoms with Gasteiger partial charge >= 0.3 is 0 Å². The van der Waals surface area contributed by atoms with E-state index in [2.05, 4.69) is 17.9 Å². The van der Waals surface area contributed by atoms with Crippen LogP contribution in [0.25, 0.3) is 0 Å². The normalized spacial score (nSPS) is 35.0. The van der Waals surface area contributed by atoms with E-state index in [1.807, 2.05) is 0 Å². The van der Waals surface area contributed by atoms with Gasteiger partial charge in [0.2, 0.25) is 0 Å². The fraction of sp³-hybridized carbons (Fsp3) is 0.923. The summed E-state index contributed by atoms with van der Waals surface area (Å²) in [5.41, 5.74) is 0. The molecule has 0 aliphatic heterocycles. The third kappa shape index (κ3) is 2.56. The van der Waals surface area contributed by atoms with Gasteiger partial charge in [0.1, 0.15) is 0 Å². The van der Waals surface area contributed by atoms with Crippen LogP contribution in [0.1, 0.15) is 39.0 Å². The van der Waals surface area contributed by atoms with Crippen LogP contribution in [-0.2, 0) is 0 Å². The first-order chi connectivity index (χ1) is 7.76. The maximum Gasteiger partial charge on any atom is 0.0672 e. The van der Waals surface area contributed by atoms with Crippen molar-refractivity contribution in [1.82, 2.24) is 4.90 Å². The van der Waals surface area contributed by atoms with Gasteiger partial charge < -0.3 is 5.11 Å². The molecule has 0 bridgehead atoms. The molecule has 0 aromatic heterocycles. The molecular weight excluding hydrogens is 200 g/mol. The van der Waals surface area contributed by atoms with Crippen LogP contribution in [0.4, 0.5) is 0 Å². The summed E-state index contributed by atoms with van der Waals surface area (Å²) < 4.78 is 0. The first kappa shape index (κ1) is 11.9. The van der Waals surface area contributed by atoms with Crippen molar-refractivity contribution in [3.63, 3.8) is 0 Å². The predicted molar refractivity (Wildman–Crippen MR) is 62.7 cm³/mol. The molecule has 0 amide bonds. The molecule has 2 aliphatic carbocycles. The first-order valence-corrected chi connectivity index (χ1v) is 6.52. The van der Waals surface area contributed by atoms with Crippen LogP contribution < -0.4 is 0 Å². The highest BCUT2D eigenvalue weighted by atomic mass is 16.3. The molecule has 90 valence electrons. The summed E-state index contributed by atoms with van der Waals surface area (Å²) in [4.78, 5) is 2.41. The van der Waals surface area contributed by atoms with Gasteiger partial charge in [0.05, 0.1) is 18.6 Å². The molecule has 0 radical (unpaired) electrons. The van der Waals surface area contributed by atoms with Crippen molar-refractivity contribution in [2.75, 3.05) is 13.2 Å². The number of rotatable bonds is 4. The van der Waals surface area contributed by atoms with Crippen LogP contribution in [0.15, 0.2) is 0 Å². The minimum absolute atomic E-state index is 0.184. The highest BCUT2D eigenvalue weighted by molar-refractivity contribution is 5.00. The average Bonchev–Trinajstić information content (AvgIpc) is 3.10. The number of aliphatic hydroxyl groups is 1. The molecule has 0 aromatic carbocycles. The van der Waals surface area contributed by atoms with Crippen molar-refractivity contribution in [2.24, 2.45) is 11.8 Å². The Hall–Kier alpha value is -0.590. The summed E-state index contributed by atoms with van der Waals surface area (Å²) in [6.45, 7) is 3.25. The lowest BCUT2D eigenvalue weighted by Crippen LogP contribution is -2.46. The zero-order valence-corrected chi connectivity index (χ0v) is 10.1. The summed E-state index contributed by atoms with van der Waals surface area (Å²) in [5.74, 6) is 0.915. The number of hydrogen-bond donors (Lipinski definition) is 1. The van der Waals surface area contributed by atoms with Gasteiger partial charge in [-0.3, -0.25) is 4.90 Å².